The van der Waals surface area contributed by atoms with Crippen LogP contribution in [0.4, 0.5) is 0 Å². The summed E-state index contributed by atoms with van der Waals surface area (Å²) in [5, 5.41) is 8.53. The largest absolute Gasteiger partial charge is 0.234 e. The molecule has 0 radical (unpaired) electrons. The standard InChI is InChI=1S/C15H12IN3/c16-15-14(13-9-5-2-6-10-13)17-18-19(15)11-12-7-3-1-4-8-12/h1-10H,11H2. The molecule has 4 heteroatoms. The minimum Gasteiger partial charge on any atom is -0.234 e. The number of nitrogens with zero attached hydrogens (tertiary/aromatic N) is 3. The van der Waals surface area contributed by atoms with Crippen molar-refractivity contribution in [3.05, 3.63) is 69.9 Å². The Labute approximate surface area is 125 Å². The Morgan fingerprint density at radius 1 is 0.895 bits per heavy atom. The Morgan fingerprint density at radius 3 is 2.21 bits per heavy atom. The van der Waals surface area contributed by atoms with Crippen molar-refractivity contribution in [2.24, 2.45) is 0 Å². The summed E-state index contributed by atoms with van der Waals surface area (Å²) in [5.74, 6) is 0. The average molecular weight is 361 g/mol. The fourth-order valence-electron chi connectivity index (χ4n) is 1.93. The van der Waals surface area contributed by atoms with Crippen molar-refractivity contribution in [2.45, 2.75) is 6.54 Å². The summed E-state index contributed by atoms with van der Waals surface area (Å²) in [6.45, 7) is 0.749. The van der Waals surface area contributed by atoms with Gasteiger partial charge in [-0.05, 0) is 28.2 Å². The molecule has 0 unspecified atom stereocenters. The summed E-state index contributed by atoms with van der Waals surface area (Å²) >= 11 is 2.30. The Balaban J connectivity index is 1.92. The van der Waals surface area contributed by atoms with Crippen LogP contribution in [0.3, 0.4) is 0 Å². The zero-order valence-corrected chi connectivity index (χ0v) is 12.4. The Kier molecular flexibility index (Phi) is 3.59. The van der Waals surface area contributed by atoms with E-state index in [4.69, 9.17) is 0 Å². The van der Waals surface area contributed by atoms with Crippen LogP contribution in [-0.2, 0) is 6.54 Å². The Bertz CT molecular complexity index is 662. The van der Waals surface area contributed by atoms with Crippen molar-refractivity contribution in [3.63, 3.8) is 0 Å². The van der Waals surface area contributed by atoms with Gasteiger partial charge in [0.15, 0.2) is 0 Å². The number of halogens is 1. The topological polar surface area (TPSA) is 30.7 Å². The van der Waals surface area contributed by atoms with E-state index in [-0.39, 0.29) is 0 Å². The van der Waals surface area contributed by atoms with Crippen LogP contribution in [0.1, 0.15) is 5.56 Å². The highest BCUT2D eigenvalue weighted by Gasteiger charge is 2.11. The molecule has 0 aliphatic carbocycles. The van der Waals surface area contributed by atoms with Crippen LogP contribution in [0.25, 0.3) is 11.3 Å². The van der Waals surface area contributed by atoms with Gasteiger partial charge in [0.1, 0.15) is 9.39 Å². The third kappa shape index (κ3) is 2.68. The molecule has 1 heterocycles. The fourth-order valence-corrected chi connectivity index (χ4v) is 2.62. The third-order valence-corrected chi connectivity index (χ3v) is 3.96. The lowest BCUT2D eigenvalue weighted by Gasteiger charge is -2.02. The van der Waals surface area contributed by atoms with E-state index in [1.54, 1.807) is 0 Å². The fraction of sp³-hybridized carbons (Fsp3) is 0.0667. The maximum absolute atomic E-state index is 4.29. The lowest BCUT2D eigenvalue weighted by atomic mass is 10.2. The molecular formula is C15H12IN3. The summed E-state index contributed by atoms with van der Waals surface area (Å²) in [6, 6.07) is 20.4. The molecule has 0 amide bonds. The first-order chi connectivity index (χ1) is 9.34. The zero-order chi connectivity index (χ0) is 13.1. The molecule has 0 aliphatic rings. The van der Waals surface area contributed by atoms with Gasteiger partial charge in [-0.25, -0.2) is 4.68 Å². The molecule has 0 saturated carbocycles. The minimum atomic E-state index is 0.749. The van der Waals surface area contributed by atoms with Crippen LogP contribution in [0.15, 0.2) is 60.7 Å². The molecule has 0 bridgehead atoms. The van der Waals surface area contributed by atoms with E-state index < -0.39 is 0 Å². The summed E-state index contributed by atoms with van der Waals surface area (Å²) in [6.07, 6.45) is 0. The molecule has 94 valence electrons. The van der Waals surface area contributed by atoms with Gasteiger partial charge in [0.2, 0.25) is 0 Å². The van der Waals surface area contributed by atoms with Crippen molar-refractivity contribution in [2.75, 3.05) is 0 Å². The van der Waals surface area contributed by atoms with Gasteiger partial charge in [-0.15, -0.1) is 5.10 Å². The molecular weight excluding hydrogens is 349 g/mol. The van der Waals surface area contributed by atoms with Gasteiger partial charge in [0, 0.05) is 5.56 Å². The van der Waals surface area contributed by atoms with Crippen LogP contribution < -0.4 is 0 Å². The van der Waals surface area contributed by atoms with Crippen LogP contribution in [0.5, 0.6) is 0 Å². The molecule has 0 N–H and O–H groups in total. The number of benzene rings is 2. The smallest absolute Gasteiger partial charge is 0.127 e. The van der Waals surface area contributed by atoms with Crippen molar-refractivity contribution < 1.29 is 0 Å². The monoisotopic (exact) mass is 361 g/mol. The van der Waals surface area contributed by atoms with E-state index >= 15 is 0 Å². The van der Waals surface area contributed by atoms with E-state index in [0.717, 1.165) is 21.5 Å². The van der Waals surface area contributed by atoms with Crippen molar-refractivity contribution >= 4 is 22.6 Å². The summed E-state index contributed by atoms with van der Waals surface area (Å²) < 4.78 is 2.99. The molecule has 1 aromatic heterocycles. The molecule has 0 aliphatic heterocycles. The number of aromatic nitrogens is 3. The van der Waals surface area contributed by atoms with E-state index in [1.807, 2.05) is 41.1 Å². The summed E-state index contributed by atoms with van der Waals surface area (Å²) in [4.78, 5) is 0. The molecule has 0 spiro atoms. The van der Waals surface area contributed by atoms with Gasteiger partial charge in [0.05, 0.1) is 6.54 Å². The lowest BCUT2D eigenvalue weighted by molar-refractivity contribution is 0.636. The van der Waals surface area contributed by atoms with E-state index in [9.17, 15) is 0 Å². The second-order valence-electron chi connectivity index (χ2n) is 4.24. The third-order valence-electron chi connectivity index (χ3n) is 2.90. The van der Waals surface area contributed by atoms with Crippen LogP contribution in [-0.4, -0.2) is 15.0 Å². The SMILES string of the molecule is Ic1c(-c2ccccc2)nnn1Cc1ccccc1. The molecule has 0 atom stereocenters. The predicted molar refractivity (Wildman–Crippen MR) is 83.7 cm³/mol. The molecule has 2 aromatic carbocycles. The highest BCUT2D eigenvalue weighted by Crippen LogP contribution is 2.22. The van der Waals surface area contributed by atoms with Gasteiger partial charge in [-0.3, -0.25) is 0 Å². The predicted octanol–water partition coefficient (Wildman–Crippen LogP) is 3.60. The van der Waals surface area contributed by atoms with Crippen molar-refractivity contribution in [1.29, 1.82) is 0 Å². The van der Waals surface area contributed by atoms with Crippen LogP contribution in [0.2, 0.25) is 0 Å². The average Bonchev–Trinajstić information content (AvgIpc) is 2.82. The van der Waals surface area contributed by atoms with Crippen LogP contribution >= 0.6 is 22.6 Å². The molecule has 19 heavy (non-hydrogen) atoms. The lowest BCUT2D eigenvalue weighted by Crippen LogP contribution is -2.03. The zero-order valence-electron chi connectivity index (χ0n) is 10.2. The van der Waals surface area contributed by atoms with Gasteiger partial charge in [-0.1, -0.05) is 65.9 Å². The highest BCUT2D eigenvalue weighted by molar-refractivity contribution is 14.1. The quantitative estimate of drug-likeness (QED) is 0.668. The molecule has 3 rings (SSSR count). The maximum atomic E-state index is 4.29. The first kappa shape index (κ1) is 12.3. The minimum absolute atomic E-state index is 0.749. The second-order valence-corrected chi connectivity index (χ2v) is 5.26. The maximum Gasteiger partial charge on any atom is 0.127 e. The molecule has 3 nitrogen and oxygen atoms in total. The van der Waals surface area contributed by atoms with Crippen LogP contribution in [0, 0.1) is 3.70 Å². The normalized spacial score (nSPS) is 10.6. The summed E-state index contributed by atoms with van der Waals surface area (Å²) in [5.41, 5.74) is 3.27. The van der Waals surface area contributed by atoms with Crippen molar-refractivity contribution in [3.8, 4) is 11.3 Å². The van der Waals surface area contributed by atoms with Gasteiger partial charge in [0.25, 0.3) is 0 Å². The molecule has 3 aromatic rings. The van der Waals surface area contributed by atoms with E-state index in [1.165, 1.54) is 5.56 Å². The van der Waals surface area contributed by atoms with Gasteiger partial charge in [-0.2, -0.15) is 0 Å². The second kappa shape index (κ2) is 5.52. The molecule has 0 fully saturated rings. The first-order valence-electron chi connectivity index (χ1n) is 6.03. The Morgan fingerprint density at radius 2 is 1.53 bits per heavy atom. The Hall–Kier alpha value is -1.69. The molecule has 0 saturated heterocycles. The summed E-state index contributed by atoms with van der Waals surface area (Å²) in [7, 11) is 0. The van der Waals surface area contributed by atoms with Crippen molar-refractivity contribution in [1.82, 2.24) is 15.0 Å². The van der Waals surface area contributed by atoms with Gasteiger partial charge >= 0.3 is 0 Å². The van der Waals surface area contributed by atoms with E-state index in [2.05, 4.69) is 57.2 Å². The number of rotatable bonds is 3. The highest BCUT2D eigenvalue weighted by atomic mass is 127. The van der Waals surface area contributed by atoms with Gasteiger partial charge < -0.3 is 0 Å². The number of hydrogen-bond acceptors (Lipinski definition) is 2. The first-order valence-corrected chi connectivity index (χ1v) is 7.11. The number of hydrogen-bond donors (Lipinski definition) is 0. The van der Waals surface area contributed by atoms with E-state index in [0.29, 0.717) is 0 Å².